The number of likely N-dealkylation sites (tertiary alicyclic amines) is 1. The molecule has 1 unspecified atom stereocenters. The van der Waals surface area contributed by atoms with Gasteiger partial charge < -0.3 is 9.52 Å². The average molecular weight is 358 g/mol. The van der Waals surface area contributed by atoms with Crippen LogP contribution in [0.1, 0.15) is 55.9 Å². The minimum absolute atomic E-state index is 0.437. The van der Waals surface area contributed by atoms with E-state index in [2.05, 4.69) is 31.7 Å². The molecule has 0 amide bonds. The van der Waals surface area contributed by atoms with Crippen molar-refractivity contribution in [3.8, 4) is 0 Å². The summed E-state index contributed by atoms with van der Waals surface area (Å²) in [6.07, 6.45) is 5.58. The number of aromatic nitrogens is 2. The molecule has 2 aromatic rings. The van der Waals surface area contributed by atoms with Crippen molar-refractivity contribution in [1.82, 2.24) is 19.6 Å². The van der Waals surface area contributed by atoms with Crippen LogP contribution in [0.3, 0.4) is 0 Å². The van der Waals surface area contributed by atoms with Gasteiger partial charge in [-0.2, -0.15) is 5.10 Å². The summed E-state index contributed by atoms with van der Waals surface area (Å²) >= 11 is 0. The van der Waals surface area contributed by atoms with Gasteiger partial charge in [0.05, 0.1) is 30.3 Å². The summed E-state index contributed by atoms with van der Waals surface area (Å²) < 4.78 is 7.59. The van der Waals surface area contributed by atoms with Gasteiger partial charge >= 0.3 is 0 Å². The van der Waals surface area contributed by atoms with Crippen molar-refractivity contribution in [1.29, 1.82) is 0 Å². The van der Waals surface area contributed by atoms with Crippen molar-refractivity contribution < 1.29 is 9.52 Å². The Kier molecular flexibility index (Phi) is 5.43. The van der Waals surface area contributed by atoms with Gasteiger partial charge in [0.1, 0.15) is 5.76 Å². The Bertz CT molecular complexity index is 689. The molecule has 0 saturated carbocycles. The van der Waals surface area contributed by atoms with Crippen molar-refractivity contribution in [2.75, 3.05) is 19.6 Å². The van der Waals surface area contributed by atoms with Crippen LogP contribution in [0, 0.1) is 0 Å². The van der Waals surface area contributed by atoms with E-state index >= 15 is 0 Å². The zero-order valence-corrected chi connectivity index (χ0v) is 15.7. The zero-order chi connectivity index (χ0) is 17.9. The molecule has 6 heteroatoms. The Morgan fingerprint density at radius 3 is 2.85 bits per heavy atom. The van der Waals surface area contributed by atoms with Crippen molar-refractivity contribution in [2.45, 2.75) is 64.4 Å². The van der Waals surface area contributed by atoms with Gasteiger partial charge in [-0.15, -0.1) is 0 Å². The minimum Gasteiger partial charge on any atom is -0.468 e. The average Bonchev–Trinajstić information content (AvgIpc) is 3.27. The molecule has 1 fully saturated rings. The van der Waals surface area contributed by atoms with Crippen molar-refractivity contribution in [3.63, 3.8) is 0 Å². The molecule has 142 valence electrons. The summed E-state index contributed by atoms with van der Waals surface area (Å²) in [6.45, 7) is 8.22. The van der Waals surface area contributed by atoms with Crippen LogP contribution in [-0.4, -0.2) is 50.4 Å². The molecular formula is C20H30N4O2. The first kappa shape index (κ1) is 17.8. The SMILES string of the molecule is CCC(O)c1cc2n(n1)CCCN(C1CCN(Cc3ccco3)CC1)C2. The molecular weight excluding hydrogens is 328 g/mol. The second kappa shape index (κ2) is 7.94. The molecule has 1 saturated heterocycles. The molecule has 0 bridgehead atoms. The Balaban J connectivity index is 1.36. The molecule has 1 N–H and O–H groups in total. The lowest BCUT2D eigenvalue weighted by Gasteiger charge is -2.37. The molecule has 0 aromatic carbocycles. The van der Waals surface area contributed by atoms with E-state index in [1.165, 1.54) is 18.5 Å². The third-order valence-electron chi connectivity index (χ3n) is 5.82. The lowest BCUT2D eigenvalue weighted by atomic mass is 10.0. The van der Waals surface area contributed by atoms with Crippen LogP contribution in [0.4, 0.5) is 0 Å². The van der Waals surface area contributed by atoms with E-state index in [0.717, 1.165) is 57.1 Å². The molecule has 1 atom stereocenters. The van der Waals surface area contributed by atoms with Gasteiger partial charge in [-0.1, -0.05) is 6.92 Å². The number of aliphatic hydroxyl groups excluding tert-OH is 1. The Hall–Kier alpha value is -1.63. The highest BCUT2D eigenvalue weighted by Gasteiger charge is 2.27. The third-order valence-corrected chi connectivity index (χ3v) is 5.82. The molecule has 2 aromatic heterocycles. The number of aryl methyl sites for hydroxylation is 1. The number of fused-ring (bicyclic) bond motifs is 1. The predicted octanol–water partition coefficient (Wildman–Crippen LogP) is 2.79. The first-order chi connectivity index (χ1) is 12.7. The normalized spacial score (nSPS) is 21.5. The van der Waals surface area contributed by atoms with E-state index < -0.39 is 6.10 Å². The number of furan rings is 1. The second-order valence-corrected chi connectivity index (χ2v) is 7.62. The molecule has 4 rings (SSSR count). The third kappa shape index (κ3) is 3.87. The van der Waals surface area contributed by atoms with Gasteiger partial charge in [0.15, 0.2) is 0 Å². The van der Waals surface area contributed by atoms with E-state index in [0.29, 0.717) is 12.5 Å². The van der Waals surface area contributed by atoms with Crippen molar-refractivity contribution >= 4 is 0 Å². The summed E-state index contributed by atoms with van der Waals surface area (Å²) in [4.78, 5) is 5.12. The number of rotatable bonds is 5. The van der Waals surface area contributed by atoms with Crippen LogP contribution in [0.15, 0.2) is 28.9 Å². The molecule has 6 nitrogen and oxygen atoms in total. The van der Waals surface area contributed by atoms with Crippen molar-refractivity contribution in [3.05, 3.63) is 41.6 Å². The standard InChI is InChI=1S/C20H30N4O2/c1-2-20(25)19-13-17-14-23(8-4-9-24(17)21-19)16-6-10-22(11-7-16)15-18-5-3-12-26-18/h3,5,12-13,16,20,25H,2,4,6-11,14-15H2,1H3. The molecule has 2 aliphatic heterocycles. The fourth-order valence-electron chi connectivity index (χ4n) is 4.26. The second-order valence-electron chi connectivity index (χ2n) is 7.62. The summed E-state index contributed by atoms with van der Waals surface area (Å²) in [5.41, 5.74) is 2.08. The maximum Gasteiger partial charge on any atom is 0.117 e. The van der Waals surface area contributed by atoms with Crippen LogP contribution in [0.5, 0.6) is 0 Å². The first-order valence-corrected chi connectivity index (χ1v) is 9.96. The van der Waals surface area contributed by atoms with Crippen LogP contribution >= 0.6 is 0 Å². The van der Waals surface area contributed by atoms with Crippen LogP contribution in [0.25, 0.3) is 0 Å². The minimum atomic E-state index is -0.437. The number of hydrogen-bond donors (Lipinski definition) is 1. The number of nitrogens with zero attached hydrogens (tertiary/aromatic N) is 4. The monoisotopic (exact) mass is 358 g/mol. The fourth-order valence-corrected chi connectivity index (χ4v) is 4.26. The smallest absolute Gasteiger partial charge is 0.117 e. The Labute approximate surface area is 155 Å². The van der Waals surface area contributed by atoms with Crippen molar-refractivity contribution in [2.24, 2.45) is 0 Å². The largest absolute Gasteiger partial charge is 0.468 e. The molecule has 0 aliphatic carbocycles. The van der Waals surface area contributed by atoms with E-state index in [1.54, 1.807) is 6.26 Å². The maximum atomic E-state index is 10.1. The number of piperidine rings is 1. The summed E-state index contributed by atoms with van der Waals surface area (Å²) in [5.74, 6) is 1.06. The Morgan fingerprint density at radius 2 is 2.12 bits per heavy atom. The van der Waals surface area contributed by atoms with Crippen LogP contribution in [-0.2, 0) is 19.6 Å². The predicted molar refractivity (Wildman–Crippen MR) is 99.5 cm³/mol. The highest BCUT2D eigenvalue weighted by molar-refractivity contribution is 5.14. The zero-order valence-electron chi connectivity index (χ0n) is 15.7. The topological polar surface area (TPSA) is 57.7 Å². The lowest BCUT2D eigenvalue weighted by Crippen LogP contribution is -2.44. The molecule has 0 radical (unpaired) electrons. The highest BCUT2D eigenvalue weighted by Crippen LogP contribution is 2.25. The summed E-state index contributed by atoms with van der Waals surface area (Å²) in [6, 6.07) is 6.78. The maximum absolute atomic E-state index is 10.1. The summed E-state index contributed by atoms with van der Waals surface area (Å²) in [7, 11) is 0. The number of hydrogen-bond acceptors (Lipinski definition) is 5. The van der Waals surface area contributed by atoms with E-state index in [1.807, 2.05) is 13.0 Å². The quantitative estimate of drug-likeness (QED) is 0.891. The summed E-state index contributed by atoms with van der Waals surface area (Å²) in [5, 5.41) is 14.7. The van der Waals surface area contributed by atoms with Crippen LogP contribution < -0.4 is 0 Å². The lowest BCUT2D eigenvalue weighted by molar-refractivity contribution is 0.0963. The van der Waals surface area contributed by atoms with Gasteiger partial charge in [-0.25, -0.2) is 0 Å². The van der Waals surface area contributed by atoms with Gasteiger partial charge in [0.2, 0.25) is 0 Å². The molecule has 0 spiro atoms. The van der Waals surface area contributed by atoms with Gasteiger partial charge in [-0.05, 0) is 43.9 Å². The van der Waals surface area contributed by atoms with Gasteiger partial charge in [-0.3, -0.25) is 14.5 Å². The van der Waals surface area contributed by atoms with E-state index in [9.17, 15) is 5.11 Å². The number of aliphatic hydroxyl groups is 1. The highest BCUT2D eigenvalue weighted by atomic mass is 16.3. The Morgan fingerprint density at radius 1 is 1.27 bits per heavy atom. The molecule has 2 aliphatic rings. The molecule has 26 heavy (non-hydrogen) atoms. The fraction of sp³-hybridized carbons (Fsp3) is 0.650. The van der Waals surface area contributed by atoms with Gasteiger partial charge in [0.25, 0.3) is 0 Å². The first-order valence-electron chi connectivity index (χ1n) is 9.96. The molecule has 4 heterocycles. The van der Waals surface area contributed by atoms with E-state index in [-0.39, 0.29) is 0 Å². The van der Waals surface area contributed by atoms with Gasteiger partial charge in [0, 0.05) is 38.8 Å². The van der Waals surface area contributed by atoms with E-state index in [4.69, 9.17) is 4.42 Å². The van der Waals surface area contributed by atoms with Crippen LogP contribution in [0.2, 0.25) is 0 Å².